The van der Waals surface area contributed by atoms with E-state index in [1.807, 2.05) is 42.6 Å². The Morgan fingerprint density at radius 2 is 1.81 bits per heavy atom. The summed E-state index contributed by atoms with van der Waals surface area (Å²) < 4.78 is 5.02. The van der Waals surface area contributed by atoms with Gasteiger partial charge < -0.3 is 4.74 Å². The molecule has 6 nitrogen and oxygen atoms in total. The van der Waals surface area contributed by atoms with E-state index in [4.69, 9.17) is 4.74 Å². The molecule has 0 N–H and O–H groups in total. The minimum Gasteiger partial charge on any atom is -0.462 e. The molecule has 0 saturated carbocycles. The number of carbonyl (C=O) groups excluding carboxylic acids is 2. The second-order valence-electron chi connectivity index (χ2n) is 5.80. The van der Waals surface area contributed by atoms with Gasteiger partial charge in [-0.1, -0.05) is 18.2 Å². The Bertz CT molecular complexity index is 970. The molecule has 0 spiro atoms. The maximum absolute atomic E-state index is 13.2. The molecular formula is C20H19N3O3S. The molecule has 0 atom stereocenters. The number of carbonyl (C=O) groups is 2. The number of pyridine rings is 1. The van der Waals surface area contributed by atoms with E-state index in [1.54, 1.807) is 19.9 Å². The summed E-state index contributed by atoms with van der Waals surface area (Å²) in [6, 6.07) is 12.4. The van der Waals surface area contributed by atoms with Crippen LogP contribution in [0, 0.1) is 13.8 Å². The summed E-state index contributed by atoms with van der Waals surface area (Å²) in [7, 11) is 0. The molecule has 0 bridgehead atoms. The highest BCUT2D eigenvalue weighted by molar-refractivity contribution is 7.14. The van der Waals surface area contributed by atoms with Gasteiger partial charge in [0.1, 0.15) is 5.69 Å². The third-order valence-electron chi connectivity index (χ3n) is 3.82. The van der Waals surface area contributed by atoms with Gasteiger partial charge >= 0.3 is 5.97 Å². The predicted octanol–water partition coefficient (Wildman–Crippen LogP) is 4.31. The lowest BCUT2D eigenvalue weighted by molar-refractivity contribution is 0.0524. The van der Waals surface area contributed by atoms with E-state index in [2.05, 4.69) is 9.97 Å². The number of benzene rings is 1. The average Bonchev–Trinajstić information content (AvgIpc) is 3.08. The first kappa shape index (κ1) is 18.7. The summed E-state index contributed by atoms with van der Waals surface area (Å²) >= 11 is 1.39. The van der Waals surface area contributed by atoms with Gasteiger partial charge in [0.15, 0.2) is 5.13 Å². The molecule has 0 aliphatic heterocycles. The van der Waals surface area contributed by atoms with Crippen LogP contribution in [0.25, 0.3) is 0 Å². The van der Waals surface area contributed by atoms with E-state index < -0.39 is 5.97 Å². The van der Waals surface area contributed by atoms with Crippen molar-refractivity contribution in [1.29, 1.82) is 0 Å². The topological polar surface area (TPSA) is 72.4 Å². The van der Waals surface area contributed by atoms with E-state index in [1.165, 1.54) is 22.3 Å². The van der Waals surface area contributed by atoms with Crippen LogP contribution in [0.3, 0.4) is 0 Å². The largest absolute Gasteiger partial charge is 0.462 e. The van der Waals surface area contributed by atoms with Crippen LogP contribution >= 0.6 is 11.3 Å². The monoisotopic (exact) mass is 381 g/mol. The molecule has 0 fully saturated rings. The van der Waals surface area contributed by atoms with E-state index in [-0.39, 0.29) is 18.2 Å². The molecule has 7 heteroatoms. The number of hydrogen-bond donors (Lipinski definition) is 0. The maximum atomic E-state index is 13.2. The lowest BCUT2D eigenvalue weighted by Gasteiger charge is -2.20. The Labute approximate surface area is 161 Å². The molecular weight excluding hydrogens is 362 g/mol. The second kappa shape index (κ2) is 8.09. The number of ether oxygens (including phenoxy) is 1. The number of thiazole rings is 1. The van der Waals surface area contributed by atoms with Gasteiger partial charge in [-0.3, -0.25) is 9.69 Å². The molecule has 1 aromatic carbocycles. The fourth-order valence-electron chi connectivity index (χ4n) is 2.56. The van der Waals surface area contributed by atoms with E-state index in [0.717, 1.165) is 5.69 Å². The van der Waals surface area contributed by atoms with Gasteiger partial charge in [0.25, 0.3) is 5.91 Å². The van der Waals surface area contributed by atoms with Crippen LogP contribution in [-0.4, -0.2) is 28.5 Å². The number of hydrogen-bond acceptors (Lipinski definition) is 6. The molecule has 0 aliphatic rings. The number of amides is 1. The molecule has 0 aliphatic carbocycles. The van der Waals surface area contributed by atoms with Crippen molar-refractivity contribution in [1.82, 2.24) is 9.97 Å². The number of anilines is 2. The van der Waals surface area contributed by atoms with Gasteiger partial charge in [-0.2, -0.15) is 0 Å². The van der Waals surface area contributed by atoms with Crippen LogP contribution in [0.1, 0.15) is 39.2 Å². The lowest BCUT2D eigenvalue weighted by Crippen LogP contribution is -2.27. The summed E-state index contributed by atoms with van der Waals surface area (Å²) in [5.74, 6) is -0.758. The second-order valence-corrected chi connectivity index (χ2v) is 6.63. The molecule has 3 rings (SSSR count). The average molecular weight is 381 g/mol. The summed E-state index contributed by atoms with van der Waals surface area (Å²) in [6.45, 7) is 5.59. The van der Waals surface area contributed by atoms with E-state index in [9.17, 15) is 9.59 Å². The van der Waals surface area contributed by atoms with Gasteiger partial charge in [-0.25, -0.2) is 14.8 Å². The van der Waals surface area contributed by atoms with Gasteiger partial charge in [0.05, 0.1) is 29.2 Å². The first-order valence-electron chi connectivity index (χ1n) is 8.47. The van der Waals surface area contributed by atoms with Crippen molar-refractivity contribution in [2.75, 3.05) is 11.5 Å². The highest BCUT2D eigenvalue weighted by atomic mass is 32.1. The Morgan fingerprint density at radius 1 is 1.07 bits per heavy atom. The van der Waals surface area contributed by atoms with E-state index in [0.29, 0.717) is 22.1 Å². The minimum absolute atomic E-state index is 0.234. The normalized spacial score (nSPS) is 10.5. The Balaban J connectivity index is 2.00. The Morgan fingerprint density at radius 3 is 2.41 bits per heavy atom. The van der Waals surface area contributed by atoms with Crippen LogP contribution < -0.4 is 4.90 Å². The summed E-state index contributed by atoms with van der Waals surface area (Å²) in [5, 5.41) is 2.46. The summed E-state index contributed by atoms with van der Waals surface area (Å²) in [4.78, 5) is 35.5. The number of aryl methyl sites for hydroxylation is 2. The number of esters is 1. The van der Waals surface area contributed by atoms with Crippen molar-refractivity contribution in [2.24, 2.45) is 0 Å². The van der Waals surface area contributed by atoms with Crippen molar-refractivity contribution in [2.45, 2.75) is 20.8 Å². The van der Waals surface area contributed by atoms with Crippen molar-refractivity contribution in [3.05, 3.63) is 70.5 Å². The van der Waals surface area contributed by atoms with Crippen LogP contribution in [0.5, 0.6) is 0 Å². The molecule has 0 saturated heterocycles. The number of nitrogens with zero attached hydrogens (tertiary/aromatic N) is 3. The highest BCUT2D eigenvalue weighted by Gasteiger charge is 2.24. The van der Waals surface area contributed by atoms with Crippen LogP contribution in [0.15, 0.2) is 47.8 Å². The van der Waals surface area contributed by atoms with E-state index >= 15 is 0 Å². The standard InChI is InChI=1S/C20H19N3O3S/c1-4-26-19(25)16-10-11-17(22-14(16)3)18(24)23(15-8-6-5-7-9-15)20-21-13(2)12-27-20/h5-12H,4H2,1-3H3. The molecule has 2 heterocycles. The highest BCUT2D eigenvalue weighted by Crippen LogP contribution is 2.30. The van der Waals surface area contributed by atoms with Gasteiger partial charge in [-0.05, 0) is 45.0 Å². The first-order valence-corrected chi connectivity index (χ1v) is 9.35. The predicted molar refractivity (Wildman–Crippen MR) is 105 cm³/mol. The molecule has 0 unspecified atom stereocenters. The SMILES string of the molecule is CCOC(=O)c1ccc(C(=O)N(c2ccccc2)c2nc(C)cs2)nc1C. The number of aromatic nitrogens is 2. The van der Waals surface area contributed by atoms with Crippen molar-refractivity contribution >= 4 is 34.0 Å². The molecule has 27 heavy (non-hydrogen) atoms. The number of rotatable bonds is 5. The third kappa shape index (κ3) is 4.03. The van der Waals surface area contributed by atoms with Gasteiger partial charge in [-0.15, -0.1) is 11.3 Å². The fourth-order valence-corrected chi connectivity index (χ4v) is 3.37. The van der Waals surface area contributed by atoms with Crippen molar-refractivity contribution < 1.29 is 14.3 Å². The smallest absolute Gasteiger partial charge is 0.339 e. The van der Waals surface area contributed by atoms with Crippen molar-refractivity contribution in [3.8, 4) is 0 Å². The van der Waals surface area contributed by atoms with Crippen LogP contribution in [-0.2, 0) is 4.74 Å². The molecule has 2 aromatic heterocycles. The first-order chi connectivity index (χ1) is 13.0. The Hall–Kier alpha value is -3.06. The van der Waals surface area contributed by atoms with Crippen molar-refractivity contribution in [3.63, 3.8) is 0 Å². The fraction of sp³-hybridized carbons (Fsp3) is 0.200. The molecule has 3 aromatic rings. The quantitative estimate of drug-likeness (QED) is 0.616. The number of para-hydroxylation sites is 1. The third-order valence-corrected chi connectivity index (χ3v) is 4.76. The summed E-state index contributed by atoms with van der Waals surface area (Å²) in [6.07, 6.45) is 0. The maximum Gasteiger partial charge on any atom is 0.339 e. The molecule has 1 amide bonds. The Kier molecular flexibility index (Phi) is 5.61. The zero-order chi connectivity index (χ0) is 19.4. The van der Waals surface area contributed by atoms with Crippen LogP contribution in [0.4, 0.5) is 10.8 Å². The van der Waals surface area contributed by atoms with Gasteiger partial charge in [0.2, 0.25) is 0 Å². The van der Waals surface area contributed by atoms with Crippen LogP contribution in [0.2, 0.25) is 0 Å². The zero-order valence-corrected chi connectivity index (χ0v) is 16.1. The minimum atomic E-state index is -0.447. The zero-order valence-electron chi connectivity index (χ0n) is 15.3. The summed E-state index contributed by atoms with van der Waals surface area (Å²) in [5.41, 5.74) is 2.57. The van der Waals surface area contributed by atoms with Gasteiger partial charge in [0, 0.05) is 5.38 Å². The molecule has 138 valence electrons. The lowest BCUT2D eigenvalue weighted by atomic mass is 10.1. The molecule has 0 radical (unpaired) electrons.